The molecule has 0 saturated carbocycles. The highest BCUT2D eigenvalue weighted by Crippen LogP contribution is 1.98. The SMILES string of the molecule is CCCCCC=C=CCC(=O)O. The highest BCUT2D eigenvalue weighted by Gasteiger charge is 1.86. The first-order valence-electron chi connectivity index (χ1n) is 4.38. The largest absolute Gasteiger partial charge is 0.481 e. The van der Waals surface area contributed by atoms with Crippen molar-refractivity contribution >= 4 is 5.97 Å². The number of rotatable bonds is 6. The van der Waals surface area contributed by atoms with Gasteiger partial charge < -0.3 is 5.11 Å². The van der Waals surface area contributed by atoms with Gasteiger partial charge in [0.1, 0.15) is 0 Å². The molecule has 2 nitrogen and oxygen atoms in total. The van der Waals surface area contributed by atoms with E-state index < -0.39 is 5.97 Å². The van der Waals surface area contributed by atoms with E-state index in [1.54, 1.807) is 6.08 Å². The molecule has 0 aromatic heterocycles. The first-order valence-corrected chi connectivity index (χ1v) is 4.38. The highest BCUT2D eigenvalue weighted by atomic mass is 16.4. The molecule has 0 aromatic carbocycles. The quantitative estimate of drug-likeness (QED) is 0.489. The van der Waals surface area contributed by atoms with Gasteiger partial charge in [-0.2, -0.15) is 0 Å². The van der Waals surface area contributed by atoms with Crippen molar-refractivity contribution in [3.8, 4) is 0 Å². The summed E-state index contributed by atoms with van der Waals surface area (Å²) in [5.41, 5.74) is 2.84. The Morgan fingerprint density at radius 2 is 2.17 bits per heavy atom. The summed E-state index contributed by atoms with van der Waals surface area (Å²) < 4.78 is 0. The summed E-state index contributed by atoms with van der Waals surface area (Å²) in [6.45, 7) is 2.16. The Bertz CT molecular complexity index is 176. The van der Waals surface area contributed by atoms with Crippen LogP contribution in [0.5, 0.6) is 0 Å². The second-order valence-electron chi connectivity index (χ2n) is 2.67. The van der Waals surface area contributed by atoms with E-state index in [1.807, 2.05) is 6.08 Å². The minimum Gasteiger partial charge on any atom is -0.481 e. The second kappa shape index (κ2) is 8.09. The Kier molecular flexibility index (Phi) is 7.41. The van der Waals surface area contributed by atoms with Gasteiger partial charge in [0.2, 0.25) is 0 Å². The Morgan fingerprint density at radius 1 is 1.42 bits per heavy atom. The number of carboxylic acids is 1. The van der Waals surface area contributed by atoms with Gasteiger partial charge in [0.05, 0.1) is 6.42 Å². The minimum absolute atomic E-state index is 0.0737. The van der Waals surface area contributed by atoms with Gasteiger partial charge in [0.15, 0.2) is 0 Å². The molecule has 0 spiro atoms. The van der Waals surface area contributed by atoms with E-state index >= 15 is 0 Å². The molecule has 0 aliphatic heterocycles. The third-order valence-electron chi connectivity index (χ3n) is 1.46. The molecule has 0 atom stereocenters. The van der Waals surface area contributed by atoms with Gasteiger partial charge in [-0.05, 0) is 25.0 Å². The Morgan fingerprint density at radius 3 is 2.75 bits per heavy atom. The molecule has 0 aromatic rings. The molecule has 12 heavy (non-hydrogen) atoms. The van der Waals surface area contributed by atoms with Gasteiger partial charge in [-0.3, -0.25) is 4.79 Å². The molecule has 0 unspecified atom stereocenters. The standard InChI is InChI=1S/C10H16O2/c1-2-3-4-5-6-7-8-9-10(11)12/h6,8H,2-5,9H2,1H3,(H,11,12). The van der Waals surface area contributed by atoms with E-state index in [0.29, 0.717) is 0 Å². The number of unbranched alkanes of at least 4 members (excludes halogenated alkanes) is 3. The fourth-order valence-corrected chi connectivity index (χ4v) is 0.809. The molecule has 0 saturated heterocycles. The van der Waals surface area contributed by atoms with Crippen LogP contribution in [0.3, 0.4) is 0 Å². The van der Waals surface area contributed by atoms with Crippen LogP contribution in [-0.2, 0) is 4.79 Å². The number of hydrogen-bond donors (Lipinski definition) is 1. The maximum atomic E-state index is 10.0. The maximum Gasteiger partial charge on any atom is 0.307 e. The smallest absolute Gasteiger partial charge is 0.307 e. The van der Waals surface area contributed by atoms with Crippen LogP contribution in [0.15, 0.2) is 17.9 Å². The van der Waals surface area contributed by atoms with Gasteiger partial charge in [-0.15, -0.1) is 5.73 Å². The van der Waals surface area contributed by atoms with Crippen molar-refractivity contribution < 1.29 is 9.90 Å². The van der Waals surface area contributed by atoms with Crippen LogP contribution in [-0.4, -0.2) is 11.1 Å². The summed E-state index contributed by atoms with van der Waals surface area (Å²) in [6, 6.07) is 0. The van der Waals surface area contributed by atoms with Gasteiger partial charge in [-0.25, -0.2) is 0 Å². The maximum absolute atomic E-state index is 10.0. The molecular weight excluding hydrogens is 152 g/mol. The number of carbonyl (C=O) groups is 1. The predicted molar refractivity (Wildman–Crippen MR) is 49.0 cm³/mol. The zero-order valence-electron chi connectivity index (χ0n) is 7.55. The van der Waals surface area contributed by atoms with E-state index in [0.717, 1.165) is 6.42 Å². The van der Waals surface area contributed by atoms with Gasteiger partial charge in [-0.1, -0.05) is 19.8 Å². The summed E-state index contributed by atoms with van der Waals surface area (Å²) in [7, 11) is 0. The molecule has 0 bridgehead atoms. The van der Waals surface area contributed by atoms with Crippen LogP contribution in [0.1, 0.15) is 39.0 Å². The van der Waals surface area contributed by atoms with Crippen molar-refractivity contribution in [1.29, 1.82) is 0 Å². The van der Waals surface area contributed by atoms with E-state index in [9.17, 15) is 4.79 Å². The van der Waals surface area contributed by atoms with Crippen LogP contribution in [0.2, 0.25) is 0 Å². The van der Waals surface area contributed by atoms with Crippen LogP contribution in [0.25, 0.3) is 0 Å². The highest BCUT2D eigenvalue weighted by molar-refractivity contribution is 5.68. The third kappa shape index (κ3) is 8.99. The van der Waals surface area contributed by atoms with Crippen molar-refractivity contribution in [1.82, 2.24) is 0 Å². The van der Waals surface area contributed by atoms with Gasteiger partial charge >= 0.3 is 5.97 Å². The number of aliphatic carboxylic acids is 1. The zero-order valence-corrected chi connectivity index (χ0v) is 7.55. The molecule has 0 heterocycles. The molecule has 0 rings (SSSR count). The summed E-state index contributed by atoms with van der Waals surface area (Å²) in [4.78, 5) is 10.0. The minimum atomic E-state index is -0.801. The monoisotopic (exact) mass is 168 g/mol. The van der Waals surface area contributed by atoms with Gasteiger partial charge in [0, 0.05) is 0 Å². The molecule has 1 N–H and O–H groups in total. The molecule has 0 amide bonds. The number of carboxylic acid groups (broad SMARTS) is 1. The lowest BCUT2D eigenvalue weighted by Crippen LogP contribution is -1.88. The van der Waals surface area contributed by atoms with Gasteiger partial charge in [0.25, 0.3) is 0 Å². The van der Waals surface area contributed by atoms with Crippen molar-refractivity contribution in [3.05, 3.63) is 17.9 Å². The summed E-state index contributed by atoms with van der Waals surface area (Å²) in [5, 5.41) is 8.27. The van der Waals surface area contributed by atoms with E-state index in [1.165, 1.54) is 19.3 Å². The lowest BCUT2D eigenvalue weighted by molar-refractivity contribution is -0.135. The van der Waals surface area contributed by atoms with Crippen LogP contribution < -0.4 is 0 Å². The fraction of sp³-hybridized carbons (Fsp3) is 0.600. The second-order valence-corrected chi connectivity index (χ2v) is 2.67. The lowest BCUT2D eigenvalue weighted by Gasteiger charge is -1.88. The Labute approximate surface area is 73.6 Å². The Hall–Kier alpha value is -1.01. The van der Waals surface area contributed by atoms with E-state index in [4.69, 9.17) is 5.11 Å². The third-order valence-corrected chi connectivity index (χ3v) is 1.46. The average Bonchev–Trinajstić information content (AvgIpc) is 2.02. The van der Waals surface area contributed by atoms with Crippen molar-refractivity contribution in [2.24, 2.45) is 0 Å². The van der Waals surface area contributed by atoms with Crippen molar-refractivity contribution in [2.45, 2.75) is 39.0 Å². The molecule has 0 radical (unpaired) electrons. The first kappa shape index (κ1) is 11.0. The average molecular weight is 168 g/mol. The summed E-state index contributed by atoms with van der Waals surface area (Å²) in [6.07, 6.45) is 8.15. The molecule has 0 aliphatic rings. The Balaban J connectivity index is 3.34. The first-order chi connectivity index (χ1) is 5.77. The zero-order chi connectivity index (χ0) is 9.23. The topological polar surface area (TPSA) is 37.3 Å². The molecule has 2 heteroatoms. The van der Waals surface area contributed by atoms with Crippen molar-refractivity contribution in [3.63, 3.8) is 0 Å². The van der Waals surface area contributed by atoms with E-state index in [2.05, 4.69) is 12.7 Å². The molecule has 68 valence electrons. The van der Waals surface area contributed by atoms with Crippen molar-refractivity contribution in [2.75, 3.05) is 0 Å². The summed E-state index contributed by atoms with van der Waals surface area (Å²) >= 11 is 0. The normalized spacial score (nSPS) is 8.75. The van der Waals surface area contributed by atoms with E-state index in [-0.39, 0.29) is 6.42 Å². The van der Waals surface area contributed by atoms with Crippen LogP contribution >= 0.6 is 0 Å². The predicted octanol–water partition coefficient (Wildman–Crippen LogP) is 2.75. The van der Waals surface area contributed by atoms with Crippen LogP contribution in [0, 0.1) is 0 Å². The fourth-order valence-electron chi connectivity index (χ4n) is 0.809. The molecule has 0 aliphatic carbocycles. The van der Waals surface area contributed by atoms with Crippen LogP contribution in [0.4, 0.5) is 0 Å². The number of hydrogen-bond acceptors (Lipinski definition) is 1. The molecule has 0 fully saturated rings. The summed E-state index contributed by atoms with van der Waals surface area (Å²) in [5.74, 6) is -0.801. The molecular formula is C10H16O2. The lowest BCUT2D eigenvalue weighted by atomic mass is 10.2.